The Kier molecular flexibility index (Phi) is 13.8. The summed E-state index contributed by atoms with van der Waals surface area (Å²) in [6.45, 7) is 9.99. The Balaban J connectivity index is 4.34. The first-order valence-electron chi connectivity index (χ1n) is 9.67. The minimum Gasteiger partial charge on any atom is -0.367 e. The van der Waals surface area contributed by atoms with Crippen molar-refractivity contribution in [2.24, 2.45) is 0 Å². The van der Waals surface area contributed by atoms with E-state index in [0.29, 0.717) is 0 Å². The van der Waals surface area contributed by atoms with Gasteiger partial charge in [-0.05, 0) is 53.4 Å². The summed E-state index contributed by atoms with van der Waals surface area (Å²) in [5.41, 5.74) is 2.60. The van der Waals surface area contributed by atoms with Gasteiger partial charge in [0.15, 0.2) is 0 Å². The van der Waals surface area contributed by atoms with Gasteiger partial charge in [0.2, 0.25) is 7.37 Å². The van der Waals surface area contributed by atoms with Crippen molar-refractivity contribution in [2.75, 3.05) is 18.9 Å². The summed E-state index contributed by atoms with van der Waals surface area (Å²) in [5.74, 6) is -0.789. The first-order chi connectivity index (χ1) is 12.5. The Morgan fingerprint density at radius 3 is 2.22 bits per heavy atom. The Bertz CT molecular complexity index is 563. The van der Waals surface area contributed by atoms with Crippen LogP contribution < -0.4 is 0 Å². The van der Waals surface area contributed by atoms with E-state index in [1.807, 2.05) is 13.0 Å². The molecule has 0 saturated heterocycles. The van der Waals surface area contributed by atoms with Gasteiger partial charge in [0.25, 0.3) is 0 Å². The molecule has 2 N–H and O–H groups in total. The average Bonchev–Trinajstić information content (AvgIpc) is 2.49. The van der Waals surface area contributed by atoms with E-state index < -0.39 is 27.0 Å². The quantitative estimate of drug-likeness (QED) is 0.189. The minimum atomic E-state index is -4.44. The lowest BCUT2D eigenvalue weighted by Gasteiger charge is -2.21. The zero-order valence-corrected chi connectivity index (χ0v) is 19.3. The van der Waals surface area contributed by atoms with Crippen molar-refractivity contribution >= 4 is 15.0 Å². The fourth-order valence-electron chi connectivity index (χ4n) is 2.57. The first-order valence-corrected chi connectivity index (χ1v) is 13.5. The lowest BCUT2D eigenvalue weighted by atomic mass is 10.1. The smallest absolute Gasteiger partial charge is 0.335 e. The van der Waals surface area contributed by atoms with E-state index in [-0.39, 0.29) is 13.0 Å². The van der Waals surface area contributed by atoms with Gasteiger partial charge in [0.1, 0.15) is 12.3 Å². The van der Waals surface area contributed by atoms with Gasteiger partial charge in [-0.2, -0.15) is 0 Å². The molecule has 0 aliphatic carbocycles. The summed E-state index contributed by atoms with van der Waals surface area (Å²) < 4.78 is 34.4. The van der Waals surface area contributed by atoms with Crippen LogP contribution in [-0.2, 0) is 18.4 Å². The molecule has 0 aliphatic rings. The summed E-state index contributed by atoms with van der Waals surface area (Å²) >= 11 is 0. The number of hydrogen-bond acceptors (Lipinski definition) is 4. The molecule has 0 heterocycles. The standard InChI is InChI=1S/C19H38O6P2/c1-6-7-8-10-18(4)11-9-12-19(5)13-14-24-15-26(20,25-17(2)3)16-27(21,22)23/h11,13,17H,6-10,12,14-16H2,1-5H3,(H2,21,22,23). The maximum atomic E-state index is 12.6. The van der Waals surface area contributed by atoms with E-state index in [0.717, 1.165) is 19.3 Å². The number of ether oxygens (including phenoxy) is 1. The normalized spacial score (nSPS) is 16.0. The first kappa shape index (κ1) is 26.8. The van der Waals surface area contributed by atoms with Crippen molar-refractivity contribution in [3.05, 3.63) is 23.3 Å². The van der Waals surface area contributed by atoms with Gasteiger partial charge in [-0.25, -0.2) is 0 Å². The SMILES string of the molecule is CCCCCC(C)=CCCC(C)=CCOCP(=O)(CP(=O)(O)O)OC(C)C. The zero-order chi connectivity index (χ0) is 20.9. The maximum Gasteiger partial charge on any atom is 0.335 e. The third-order valence-corrected chi connectivity index (χ3v) is 8.43. The van der Waals surface area contributed by atoms with Gasteiger partial charge in [0.05, 0.1) is 12.7 Å². The third kappa shape index (κ3) is 16.4. The summed E-state index contributed by atoms with van der Waals surface area (Å²) in [6.07, 6.45) is 10.3. The van der Waals surface area contributed by atoms with Gasteiger partial charge in [0, 0.05) is 0 Å². The van der Waals surface area contributed by atoms with Crippen molar-refractivity contribution in [1.82, 2.24) is 0 Å². The number of allylic oxidation sites excluding steroid dienone is 3. The largest absolute Gasteiger partial charge is 0.367 e. The molecule has 0 bridgehead atoms. The monoisotopic (exact) mass is 424 g/mol. The highest BCUT2D eigenvalue weighted by Crippen LogP contribution is 2.58. The maximum absolute atomic E-state index is 12.6. The van der Waals surface area contributed by atoms with Crippen LogP contribution in [0.1, 0.15) is 73.1 Å². The minimum absolute atomic E-state index is 0.248. The lowest BCUT2D eigenvalue weighted by molar-refractivity contribution is 0.174. The molecule has 0 amide bonds. The number of unbranched alkanes of at least 4 members (excludes halogenated alkanes) is 2. The van der Waals surface area contributed by atoms with Crippen molar-refractivity contribution in [3.8, 4) is 0 Å². The van der Waals surface area contributed by atoms with Crippen LogP contribution in [0.15, 0.2) is 23.3 Å². The van der Waals surface area contributed by atoms with Crippen molar-refractivity contribution in [3.63, 3.8) is 0 Å². The van der Waals surface area contributed by atoms with Crippen LogP contribution in [-0.4, -0.2) is 34.7 Å². The number of hydrogen-bond donors (Lipinski definition) is 2. The molecule has 0 spiro atoms. The van der Waals surface area contributed by atoms with Crippen molar-refractivity contribution in [1.29, 1.82) is 0 Å². The van der Waals surface area contributed by atoms with E-state index in [9.17, 15) is 9.13 Å². The molecule has 8 heteroatoms. The molecule has 0 saturated carbocycles. The van der Waals surface area contributed by atoms with E-state index in [2.05, 4.69) is 19.9 Å². The summed E-state index contributed by atoms with van der Waals surface area (Å²) in [6, 6.07) is 0. The molecule has 0 radical (unpaired) electrons. The Morgan fingerprint density at radius 2 is 1.67 bits per heavy atom. The highest BCUT2D eigenvalue weighted by molar-refractivity contribution is 7.73. The molecule has 160 valence electrons. The zero-order valence-electron chi connectivity index (χ0n) is 17.5. The molecule has 0 aromatic heterocycles. The van der Waals surface area contributed by atoms with Gasteiger partial charge < -0.3 is 19.0 Å². The molecular formula is C19H38O6P2. The highest BCUT2D eigenvalue weighted by Gasteiger charge is 2.33. The molecule has 27 heavy (non-hydrogen) atoms. The Labute approximate surface area is 165 Å². The third-order valence-electron chi connectivity index (χ3n) is 3.85. The number of rotatable bonds is 15. The molecule has 0 aromatic rings. The lowest BCUT2D eigenvalue weighted by Crippen LogP contribution is -2.09. The summed E-state index contributed by atoms with van der Waals surface area (Å²) in [5, 5.41) is 0. The molecule has 0 fully saturated rings. The van der Waals surface area contributed by atoms with E-state index in [1.54, 1.807) is 13.8 Å². The average molecular weight is 424 g/mol. The Hall–Kier alpha value is -0.220. The van der Waals surface area contributed by atoms with Crippen molar-refractivity contribution < 1.29 is 28.2 Å². The van der Waals surface area contributed by atoms with Crippen molar-refractivity contribution in [2.45, 2.75) is 79.2 Å². The second-order valence-electron chi connectivity index (χ2n) is 7.37. The van der Waals surface area contributed by atoms with Gasteiger partial charge in [-0.15, -0.1) is 0 Å². The van der Waals surface area contributed by atoms with E-state index >= 15 is 0 Å². The summed E-state index contributed by atoms with van der Waals surface area (Å²) in [7, 11) is -7.96. The predicted octanol–water partition coefficient (Wildman–Crippen LogP) is 6.05. The second-order valence-corrected chi connectivity index (χ2v) is 11.9. The van der Waals surface area contributed by atoms with Crippen LogP contribution in [0.2, 0.25) is 0 Å². The van der Waals surface area contributed by atoms with Crippen LogP contribution in [0.4, 0.5) is 0 Å². The predicted molar refractivity (Wildman–Crippen MR) is 112 cm³/mol. The van der Waals surface area contributed by atoms with Crippen LogP contribution in [0.25, 0.3) is 0 Å². The fraction of sp³-hybridized carbons (Fsp3) is 0.789. The molecule has 0 aromatic carbocycles. The summed E-state index contributed by atoms with van der Waals surface area (Å²) in [4.78, 5) is 18.2. The molecule has 6 nitrogen and oxygen atoms in total. The molecular weight excluding hydrogens is 386 g/mol. The molecule has 0 rings (SSSR count). The van der Waals surface area contributed by atoms with Crippen LogP contribution in [0, 0.1) is 0 Å². The van der Waals surface area contributed by atoms with Gasteiger partial charge >= 0.3 is 7.60 Å². The molecule has 0 aliphatic heterocycles. The van der Waals surface area contributed by atoms with Crippen LogP contribution >= 0.6 is 15.0 Å². The van der Waals surface area contributed by atoms with Crippen LogP contribution in [0.3, 0.4) is 0 Å². The Morgan fingerprint density at radius 1 is 1.04 bits per heavy atom. The van der Waals surface area contributed by atoms with Gasteiger partial charge in [-0.3, -0.25) is 9.13 Å². The molecule has 1 atom stereocenters. The fourth-order valence-corrected chi connectivity index (χ4v) is 6.62. The highest BCUT2D eigenvalue weighted by atomic mass is 31.2. The topological polar surface area (TPSA) is 93.1 Å². The second kappa shape index (κ2) is 13.9. The van der Waals surface area contributed by atoms with Gasteiger partial charge in [-0.1, -0.05) is 43.1 Å². The van der Waals surface area contributed by atoms with E-state index in [4.69, 9.17) is 19.0 Å². The van der Waals surface area contributed by atoms with Crippen LogP contribution in [0.5, 0.6) is 0 Å². The molecule has 1 unspecified atom stereocenters. The van der Waals surface area contributed by atoms with E-state index in [1.165, 1.54) is 30.4 Å².